The van der Waals surface area contributed by atoms with E-state index in [2.05, 4.69) is 73.6 Å². The number of aryl methyl sites for hydroxylation is 1. The molecule has 1 aliphatic heterocycles. The largest absolute Gasteiger partial charge is 0.378 e. The molecule has 1 heterocycles. The van der Waals surface area contributed by atoms with E-state index >= 15 is 0 Å². The van der Waals surface area contributed by atoms with Gasteiger partial charge in [0.1, 0.15) is 0 Å². The second kappa shape index (κ2) is 8.33. The van der Waals surface area contributed by atoms with E-state index in [1.54, 1.807) is 0 Å². The standard InChI is InChI=1S/C20H32N4O.HI/c1-13-11-15(24(5)6)8-7-14(13)12-22-19(21-4)23-17-16-9-10-25-18(16)20(17,2)3;/h7-8,11,16-18H,9-10,12H2,1-6H3,(H2,21,22,23);1H. The number of nitrogens with one attached hydrogen (secondary N) is 2. The van der Waals surface area contributed by atoms with Crippen molar-refractivity contribution >= 4 is 35.6 Å². The maximum atomic E-state index is 5.88. The van der Waals surface area contributed by atoms with Gasteiger partial charge in [-0.2, -0.15) is 0 Å². The number of anilines is 1. The van der Waals surface area contributed by atoms with Crippen molar-refractivity contribution in [2.24, 2.45) is 16.3 Å². The number of hydrogen-bond acceptors (Lipinski definition) is 3. The topological polar surface area (TPSA) is 48.9 Å². The molecule has 146 valence electrons. The Morgan fingerprint density at radius 1 is 1.35 bits per heavy atom. The van der Waals surface area contributed by atoms with Crippen LogP contribution in [0.4, 0.5) is 5.69 Å². The van der Waals surface area contributed by atoms with Crippen LogP contribution in [0, 0.1) is 18.3 Å². The van der Waals surface area contributed by atoms with Crippen molar-refractivity contribution in [2.45, 2.75) is 45.9 Å². The number of guanidine groups is 1. The Morgan fingerprint density at radius 3 is 2.69 bits per heavy atom. The van der Waals surface area contributed by atoms with Gasteiger partial charge in [-0.15, -0.1) is 24.0 Å². The third kappa shape index (κ3) is 3.96. The smallest absolute Gasteiger partial charge is 0.191 e. The lowest BCUT2D eigenvalue weighted by Gasteiger charge is -2.54. The molecule has 0 amide bonds. The molecule has 1 saturated carbocycles. The van der Waals surface area contributed by atoms with Gasteiger partial charge in [-0.1, -0.05) is 19.9 Å². The maximum Gasteiger partial charge on any atom is 0.191 e. The van der Waals surface area contributed by atoms with Crippen molar-refractivity contribution in [3.8, 4) is 0 Å². The summed E-state index contributed by atoms with van der Waals surface area (Å²) in [5, 5.41) is 7.11. The van der Waals surface area contributed by atoms with Crippen LogP contribution in [0.3, 0.4) is 0 Å². The van der Waals surface area contributed by atoms with Crippen molar-refractivity contribution < 1.29 is 4.74 Å². The van der Waals surface area contributed by atoms with Crippen LogP contribution in [0.1, 0.15) is 31.4 Å². The SMILES string of the molecule is CN=C(NCc1ccc(N(C)C)cc1C)NC1C2CCOC2C1(C)C.I. The summed E-state index contributed by atoms with van der Waals surface area (Å²) in [6, 6.07) is 7.00. The van der Waals surface area contributed by atoms with Crippen molar-refractivity contribution in [3.63, 3.8) is 0 Å². The van der Waals surface area contributed by atoms with Gasteiger partial charge in [0, 0.05) is 57.4 Å². The highest BCUT2D eigenvalue weighted by molar-refractivity contribution is 14.0. The predicted molar refractivity (Wildman–Crippen MR) is 120 cm³/mol. The van der Waals surface area contributed by atoms with Gasteiger partial charge in [-0.3, -0.25) is 4.99 Å². The van der Waals surface area contributed by atoms with Crippen molar-refractivity contribution in [1.82, 2.24) is 10.6 Å². The first-order chi connectivity index (χ1) is 11.8. The lowest BCUT2D eigenvalue weighted by molar-refractivity contribution is -0.106. The van der Waals surface area contributed by atoms with Gasteiger partial charge in [0.05, 0.1) is 6.10 Å². The Labute approximate surface area is 175 Å². The first kappa shape index (κ1) is 21.3. The molecule has 1 aromatic carbocycles. The Morgan fingerprint density at radius 2 is 2.08 bits per heavy atom. The lowest BCUT2D eigenvalue weighted by Crippen LogP contribution is -2.67. The molecule has 0 bridgehead atoms. The Balaban J connectivity index is 0.00000243. The lowest BCUT2D eigenvalue weighted by atomic mass is 9.57. The first-order valence-electron chi connectivity index (χ1n) is 9.20. The van der Waals surface area contributed by atoms with Crippen molar-refractivity contribution in [1.29, 1.82) is 0 Å². The summed E-state index contributed by atoms with van der Waals surface area (Å²) in [5.74, 6) is 1.48. The second-order valence-electron chi connectivity index (χ2n) is 8.12. The monoisotopic (exact) mass is 472 g/mol. The quantitative estimate of drug-likeness (QED) is 0.402. The van der Waals surface area contributed by atoms with E-state index in [1.807, 2.05) is 7.05 Å². The molecule has 3 unspecified atom stereocenters. The minimum Gasteiger partial charge on any atom is -0.378 e. The fourth-order valence-corrected chi connectivity index (χ4v) is 4.29. The van der Waals surface area contributed by atoms with E-state index < -0.39 is 0 Å². The van der Waals surface area contributed by atoms with E-state index in [-0.39, 0.29) is 29.4 Å². The van der Waals surface area contributed by atoms with Gasteiger partial charge in [-0.25, -0.2) is 0 Å². The average molecular weight is 472 g/mol. The predicted octanol–water partition coefficient (Wildman–Crippen LogP) is 3.16. The molecule has 1 aromatic rings. The molecule has 3 atom stereocenters. The Bertz CT molecular complexity index is 659. The molecular formula is C20H33IN4O. The first-order valence-corrected chi connectivity index (χ1v) is 9.20. The molecule has 0 spiro atoms. The minimum atomic E-state index is 0. The number of rotatable bonds is 4. The Kier molecular flexibility index (Phi) is 6.82. The van der Waals surface area contributed by atoms with Crippen LogP contribution in [0.25, 0.3) is 0 Å². The summed E-state index contributed by atoms with van der Waals surface area (Å²) < 4.78 is 5.88. The zero-order chi connectivity index (χ0) is 18.2. The molecule has 1 saturated heterocycles. The number of halogens is 1. The van der Waals surface area contributed by atoms with E-state index in [0.29, 0.717) is 18.1 Å². The van der Waals surface area contributed by atoms with E-state index in [4.69, 9.17) is 4.74 Å². The molecule has 6 heteroatoms. The highest BCUT2D eigenvalue weighted by Crippen LogP contribution is 2.52. The van der Waals surface area contributed by atoms with Crippen LogP contribution in [0.5, 0.6) is 0 Å². The van der Waals surface area contributed by atoms with Gasteiger partial charge >= 0.3 is 0 Å². The fourth-order valence-electron chi connectivity index (χ4n) is 4.29. The average Bonchev–Trinajstić information content (AvgIpc) is 3.02. The van der Waals surface area contributed by atoms with E-state index in [1.165, 1.54) is 16.8 Å². The van der Waals surface area contributed by atoms with Gasteiger partial charge in [-0.05, 0) is 36.6 Å². The molecular weight excluding hydrogens is 439 g/mol. The molecule has 0 radical (unpaired) electrons. The number of aliphatic imine (C=N–C) groups is 1. The Hall–Kier alpha value is -1.02. The third-order valence-electron chi connectivity index (χ3n) is 5.91. The van der Waals surface area contributed by atoms with Gasteiger partial charge < -0.3 is 20.3 Å². The van der Waals surface area contributed by atoms with Crippen LogP contribution in [0.15, 0.2) is 23.2 Å². The third-order valence-corrected chi connectivity index (χ3v) is 5.91. The van der Waals surface area contributed by atoms with Gasteiger partial charge in [0.15, 0.2) is 5.96 Å². The number of fused-ring (bicyclic) bond motifs is 1. The van der Waals surface area contributed by atoms with Crippen molar-refractivity contribution in [2.75, 3.05) is 32.6 Å². The van der Waals surface area contributed by atoms with Crippen LogP contribution in [-0.2, 0) is 11.3 Å². The zero-order valence-corrected chi connectivity index (χ0v) is 19.1. The summed E-state index contributed by atoms with van der Waals surface area (Å²) >= 11 is 0. The molecule has 1 aliphatic carbocycles. The summed E-state index contributed by atoms with van der Waals surface area (Å²) in [5.41, 5.74) is 3.97. The molecule has 0 aromatic heterocycles. The van der Waals surface area contributed by atoms with Crippen LogP contribution in [-0.4, -0.2) is 45.9 Å². The summed E-state index contributed by atoms with van der Waals surface area (Å²) in [6.45, 7) is 8.40. The fraction of sp³-hybridized carbons (Fsp3) is 0.650. The van der Waals surface area contributed by atoms with Crippen LogP contribution in [0.2, 0.25) is 0 Å². The van der Waals surface area contributed by atoms with Crippen LogP contribution >= 0.6 is 24.0 Å². The summed E-state index contributed by atoms with van der Waals surface area (Å²) in [4.78, 5) is 6.55. The second-order valence-corrected chi connectivity index (χ2v) is 8.12. The molecule has 2 fully saturated rings. The molecule has 2 N–H and O–H groups in total. The number of benzene rings is 1. The van der Waals surface area contributed by atoms with Crippen LogP contribution < -0.4 is 15.5 Å². The maximum absolute atomic E-state index is 5.88. The number of ether oxygens (including phenoxy) is 1. The molecule has 26 heavy (non-hydrogen) atoms. The number of nitrogens with zero attached hydrogens (tertiary/aromatic N) is 2. The number of hydrogen-bond donors (Lipinski definition) is 2. The van der Waals surface area contributed by atoms with E-state index in [0.717, 1.165) is 25.5 Å². The van der Waals surface area contributed by atoms with E-state index in [9.17, 15) is 0 Å². The highest BCUT2D eigenvalue weighted by Gasteiger charge is 2.59. The van der Waals surface area contributed by atoms with Gasteiger partial charge in [0.25, 0.3) is 0 Å². The van der Waals surface area contributed by atoms with Crippen molar-refractivity contribution in [3.05, 3.63) is 29.3 Å². The normalized spacial score (nSPS) is 26.4. The summed E-state index contributed by atoms with van der Waals surface area (Å²) in [7, 11) is 5.98. The molecule has 5 nitrogen and oxygen atoms in total. The molecule has 2 aliphatic rings. The molecule has 3 rings (SSSR count). The minimum absolute atomic E-state index is 0. The summed E-state index contributed by atoms with van der Waals surface area (Å²) in [6.07, 6.45) is 1.54. The highest BCUT2D eigenvalue weighted by atomic mass is 127. The zero-order valence-electron chi connectivity index (χ0n) is 16.8. The van der Waals surface area contributed by atoms with Gasteiger partial charge in [0.2, 0.25) is 0 Å².